The molecule has 0 N–H and O–H groups in total. The lowest BCUT2D eigenvalue weighted by molar-refractivity contribution is 0.0594. The van der Waals surface area contributed by atoms with Gasteiger partial charge >= 0.3 is 5.97 Å². The monoisotopic (exact) mass is 191 g/mol. The normalized spacial score (nSPS) is 10.4. The van der Waals surface area contributed by atoms with Crippen molar-refractivity contribution in [2.45, 2.75) is 6.92 Å². The molecule has 2 aromatic heterocycles. The molecular weight excluding hydrogens is 182 g/mol. The number of ether oxygens (including phenoxy) is 1. The number of esters is 1. The Balaban J connectivity index is 2.60. The molecule has 0 amide bonds. The van der Waals surface area contributed by atoms with Crippen LogP contribution in [0.5, 0.6) is 0 Å². The van der Waals surface area contributed by atoms with E-state index in [-0.39, 0.29) is 0 Å². The van der Waals surface area contributed by atoms with E-state index in [0.717, 1.165) is 10.9 Å². The Labute approximate surface area is 80.5 Å². The van der Waals surface area contributed by atoms with E-state index in [4.69, 9.17) is 4.42 Å². The van der Waals surface area contributed by atoms with Gasteiger partial charge in [0.1, 0.15) is 5.69 Å². The molecule has 0 unspecified atom stereocenters. The minimum Gasteiger partial charge on any atom is -0.464 e. The Morgan fingerprint density at radius 1 is 1.57 bits per heavy atom. The second-order valence-corrected chi connectivity index (χ2v) is 2.98. The fraction of sp³-hybridized carbons (Fsp3) is 0.200. The van der Waals surface area contributed by atoms with Crippen molar-refractivity contribution < 1.29 is 13.9 Å². The van der Waals surface area contributed by atoms with Crippen LogP contribution in [0.1, 0.15) is 16.1 Å². The number of fused-ring (bicyclic) bond motifs is 1. The lowest BCUT2D eigenvalue weighted by atomic mass is 10.2. The molecule has 0 aliphatic carbocycles. The number of nitrogens with zero attached hydrogens (tertiary/aromatic N) is 1. The molecule has 0 saturated carbocycles. The zero-order valence-corrected chi connectivity index (χ0v) is 7.90. The number of carbonyl (C=O) groups is 1. The number of carbonyl (C=O) groups excluding carboxylic acids is 1. The summed E-state index contributed by atoms with van der Waals surface area (Å²) in [6.07, 6.45) is 3.15. The number of hydrogen-bond donors (Lipinski definition) is 0. The van der Waals surface area contributed by atoms with Gasteiger partial charge in [-0.3, -0.25) is 0 Å². The number of aryl methyl sites for hydroxylation is 1. The zero-order valence-electron chi connectivity index (χ0n) is 7.90. The Bertz CT molecular complexity index is 487. The lowest BCUT2D eigenvalue weighted by Crippen LogP contribution is -2.03. The summed E-state index contributed by atoms with van der Waals surface area (Å²) in [4.78, 5) is 15.1. The molecular formula is C10H9NO3. The van der Waals surface area contributed by atoms with Gasteiger partial charge in [0.05, 0.1) is 19.6 Å². The van der Waals surface area contributed by atoms with Gasteiger partial charge in [-0.15, -0.1) is 0 Å². The summed E-state index contributed by atoms with van der Waals surface area (Å²) < 4.78 is 9.77. The van der Waals surface area contributed by atoms with E-state index in [9.17, 15) is 4.79 Å². The predicted octanol–water partition coefficient (Wildman–Crippen LogP) is 1.92. The smallest absolute Gasteiger partial charge is 0.356 e. The van der Waals surface area contributed by atoms with Crippen LogP contribution >= 0.6 is 0 Å². The Hall–Kier alpha value is -1.84. The number of furan rings is 1. The van der Waals surface area contributed by atoms with Gasteiger partial charge in [0.15, 0.2) is 5.58 Å². The highest BCUT2D eigenvalue weighted by molar-refractivity contribution is 5.92. The van der Waals surface area contributed by atoms with Crippen molar-refractivity contribution in [1.82, 2.24) is 4.98 Å². The van der Waals surface area contributed by atoms with E-state index < -0.39 is 5.97 Å². The summed E-state index contributed by atoms with van der Waals surface area (Å²) in [6.45, 7) is 1.91. The molecule has 0 spiro atoms. The molecule has 2 heterocycles. The third-order valence-electron chi connectivity index (χ3n) is 2.05. The SMILES string of the molecule is COC(=O)c1cc2c(C)coc2cn1. The first kappa shape index (κ1) is 8.74. The van der Waals surface area contributed by atoms with E-state index in [1.165, 1.54) is 13.3 Å². The molecule has 0 radical (unpaired) electrons. The van der Waals surface area contributed by atoms with E-state index in [2.05, 4.69) is 9.72 Å². The van der Waals surface area contributed by atoms with Gasteiger partial charge in [0.2, 0.25) is 0 Å². The Morgan fingerprint density at radius 2 is 2.36 bits per heavy atom. The van der Waals surface area contributed by atoms with Gasteiger partial charge in [-0.1, -0.05) is 0 Å². The number of pyridine rings is 1. The van der Waals surface area contributed by atoms with Crippen molar-refractivity contribution >= 4 is 16.9 Å². The molecule has 2 rings (SSSR count). The van der Waals surface area contributed by atoms with Crippen molar-refractivity contribution in [3.05, 3.63) is 29.8 Å². The number of methoxy groups -OCH3 is 1. The zero-order chi connectivity index (χ0) is 10.1. The van der Waals surface area contributed by atoms with Crippen molar-refractivity contribution in [2.24, 2.45) is 0 Å². The van der Waals surface area contributed by atoms with Crippen LogP contribution in [-0.4, -0.2) is 18.1 Å². The van der Waals surface area contributed by atoms with Gasteiger partial charge in [-0.2, -0.15) is 0 Å². The maximum absolute atomic E-state index is 11.2. The first-order chi connectivity index (χ1) is 6.72. The average Bonchev–Trinajstić information content (AvgIpc) is 2.59. The molecule has 0 saturated heterocycles. The standard InChI is InChI=1S/C10H9NO3/c1-6-5-14-9-4-11-8(3-7(6)9)10(12)13-2/h3-5H,1-2H3. The molecule has 14 heavy (non-hydrogen) atoms. The Kier molecular flexibility index (Phi) is 1.96. The van der Waals surface area contributed by atoms with Crippen molar-refractivity contribution in [2.75, 3.05) is 7.11 Å². The first-order valence-electron chi connectivity index (χ1n) is 4.14. The van der Waals surface area contributed by atoms with Gasteiger partial charge in [-0.25, -0.2) is 9.78 Å². The number of rotatable bonds is 1. The molecule has 0 bridgehead atoms. The topological polar surface area (TPSA) is 52.3 Å². The third-order valence-corrected chi connectivity index (χ3v) is 2.05. The second-order valence-electron chi connectivity index (χ2n) is 2.98. The number of aromatic nitrogens is 1. The lowest BCUT2D eigenvalue weighted by Gasteiger charge is -1.97. The highest BCUT2D eigenvalue weighted by Crippen LogP contribution is 2.20. The number of hydrogen-bond acceptors (Lipinski definition) is 4. The molecule has 0 fully saturated rings. The van der Waals surface area contributed by atoms with Crippen LogP contribution < -0.4 is 0 Å². The van der Waals surface area contributed by atoms with Crippen LogP contribution in [0.2, 0.25) is 0 Å². The molecule has 4 heteroatoms. The van der Waals surface area contributed by atoms with Crippen LogP contribution in [0, 0.1) is 6.92 Å². The molecule has 0 atom stereocenters. The molecule has 72 valence electrons. The van der Waals surface area contributed by atoms with Crippen molar-refractivity contribution in [3.8, 4) is 0 Å². The highest BCUT2D eigenvalue weighted by atomic mass is 16.5. The summed E-state index contributed by atoms with van der Waals surface area (Å²) in [7, 11) is 1.33. The summed E-state index contributed by atoms with van der Waals surface area (Å²) in [5.41, 5.74) is 1.95. The fourth-order valence-corrected chi connectivity index (χ4v) is 1.28. The van der Waals surface area contributed by atoms with Crippen LogP contribution in [0.15, 0.2) is 22.9 Å². The summed E-state index contributed by atoms with van der Waals surface area (Å²) in [6, 6.07) is 1.67. The maximum Gasteiger partial charge on any atom is 0.356 e. The van der Waals surface area contributed by atoms with Gasteiger partial charge in [-0.05, 0) is 18.6 Å². The summed E-state index contributed by atoms with van der Waals surface area (Å²) >= 11 is 0. The largest absolute Gasteiger partial charge is 0.464 e. The Morgan fingerprint density at radius 3 is 3.07 bits per heavy atom. The van der Waals surface area contributed by atoms with Crippen molar-refractivity contribution in [3.63, 3.8) is 0 Å². The summed E-state index contributed by atoms with van der Waals surface area (Å²) in [5.74, 6) is -0.437. The van der Waals surface area contributed by atoms with Crippen LogP contribution in [0.3, 0.4) is 0 Å². The van der Waals surface area contributed by atoms with Gasteiger partial charge in [0.25, 0.3) is 0 Å². The summed E-state index contributed by atoms with van der Waals surface area (Å²) in [5, 5.41) is 0.889. The fourth-order valence-electron chi connectivity index (χ4n) is 1.28. The molecule has 2 aromatic rings. The van der Waals surface area contributed by atoms with Crippen LogP contribution in [0.4, 0.5) is 0 Å². The van der Waals surface area contributed by atoms with Crippen molar-refractivity contribution in [1.29, 1.82) is 0 Å². The third kappa shape index (κ3) is 1.25. The van der Waals surface area contributed by atoms with Gasteiger partial charge < -0.3 is 9.15 Å². The van der Waals surface area contributed by atoms with Gasteiger partial charge in [0, 0.05) is 5.39 Å². The minimum atomic E-state index is -0.437. The van der Waals surface area contributed by atoms with Crippen LogP contribution in [-0.2, 0) is 4.74 Å². The molecule has 0 aromatic carbocycles. The average molecular weight is 191 g/mol. The van der Waals surface area contributed by atoms with E-state index in [1.807, 2.05) is 6.92 Å². The van der Waals surface area contributed by atoms with Crippen LogP contribution in [0.25, 0.3) is 11.0 Å². The van der Waals surface area contributed by atoms with E-state index in [1.54, 1.807) is 12.3 Å². The minimum absolute atomic E-state index is 0.296. The van der Waals surface area contributed by atoms with E-state index in [0.29, 0.717) is 11.3 Å². The molecule has 0 aliphatic heterocycles. The molecule has 4 nitrogen and oxygen atoms in total. The predicted molar refractivity (Wildman–Crippen MR) is 50.1 cm³/mol. The quantitative estimate of drug-likeness (QED) is 0.646. The highest BCUT2D eigenvalue weighted by Gasteiger charge is 2.10. The first-order valence-corrected chi connectivity index (χ1v) is 4.14. The van der Waals surface area contributed by atoms with E-state index >= 15 is 0 Å². The molecule has 0 aliphatic rings. The second kappa shape index (κ2) is 3.14. The maximum atomic E-state index is 11.2.